The fraction of sp³-hybridized carbons (Fsp3) is 0.0909. The normalized spacial score (nSPS) is 10.3. The monoisotopic (exact) mass is 281 g/mol. The molecular formula is C11H9ClFN5O. The number of carbonyl (C=O) groups excluding carboxylic acids is 1. The summed E-state index contributed by atoms with van der Waals surface area (Å²) in [4.78, 5) is 15.2. The maximum Gasteiger partial charge on any atom is 0.271 e. The molecule has 0 radical (unpaired) electrons. The molecule has 0 unspecified atom stereocenters. The van der Waals surface area contributed by atoms with E-state index in [1.165, 1.54) is 25.1 Å². The number of aryl methyl sites for hydroxylation is 1. The number of halogens is 2. The number of nitrogens with zero attached hydrogens (tertiary/aromatic N) is 3. The highest BCUT2D eigenvalue weighted by molar-refractivity contribution is 6.29. The van der Waals surface area contributed by atoms with Crippen LogP contribution in [-0.4, -0.2) is 21.1 Å². The van der Waals surface area contributed by atoms with Crippen molar-refractivity contribution in [2.24, 2.45) is 5.73 Å². The Balaban J connectivity index is 2.39. The van der Waals surface area contributed by atoms with Crippen molar-refractivity contribution in [3.8, 4) is 0 Å². The Morgan fingerprint density at radius 1 is 1.42 bits per heavy atom. The van der Waals surface area contributed by atoms with Crippen LogP contribution in [-0.2, 0) is 0 Å². The predicted molar refractivity (Wildman–Crippen MR) is 67.8 cm³/mol. The first kappa shape index (κ1) is 13.2. The quantitative estimate of drug-likeness (QED) is 0.895. The molecule has 8 heteroatoms. The minimum atomic E-state index is -0.759. The van der Waals surface area contributed by atoms with E-state index in [-0.39, 0.29) is 22.2 Å². The zero-order chi connectivity index (χ0) is 14.0. The Kier molecular flexibility index (Phi) is 3.57. The molecule has 2 aromatic heterocycles. The number of pyridine rings is 1. The van der Waals surface area contributed by atoms with Crippen molar-refractivity contribution in [3.63, 3.8) is 0 Å². The van der Waals surface area contributed by atoms with Crippen LogP contribution in [0.3, 0.4) is 0 Å². The molecule has 1 amide bonds. The van der Waals surface area contributed by atoms with Crippen molar-refractivity contribution in [1.82, 2.24) is 15.2 Å². The number of nitrogens with one attached hydrogen (secondary N) is 1. The van der Waals surface area contributed by atoms with Gasteiger partial charge < -0.3 is 11.1 Å². The summed E-state index contributed by atoms with van der Waals surface area (Å²) < 4.78 is 13.1. The second-order valence-electron chi connectivity index (χ2n) is 3.68. The van der Waals surface area contributed by atoms with E-state index in [2.05, 4.69) is 20.5 Å². The number of primary amides is 1. The number of hydrogen-bond acceptors (Lipinski definition) is 5. The largest absolute Gasteiger partial charge is 0.364 e. The molecule has 3 N–H and O–H groups in total. The standard InChI is InChI=1S/C11H9ClFN5O/c1-5-6(13)2-3-9(15-5)16-7-4-8(12)17-18-10(7)11(14)19/h2-4H,1H3,(H2,14,19)(H,15,16,17). The summed E-state index contributed by atoms with van der Waals surface area (Å²) >= 11 is 5.70. The number of rotatable bonds is 3. The van der Waals surface area contributed by atoms with Gasteiger partial charge in [0.2, 0.25) is 0 Å². The summed E-state index contributed by atoms with van der Waals surface area (Å²) in [6, 6.07) is 4.06. The summed E-state index contributed by atoms with van der Waals surface area (Å²) in [6.45, 7) is 1.52. The Labute approximate surface area is 112 Å². The highest BCUT2D eigenvalue weighted by Crippen LogP contribution is 2.20. The topological polar surface area (TPSA) is 93.8 Å². The number of aromatic nitrogens is 3. The van der Waals surface area contributed by atoms with Crippen molar-refractivity contribution >= 4 is 29.0 Å². The van der Waals surface area contributed by atoms with Crippen LogP contribution in [0.1, 0.15) is 16.2 Å². The average Bonchev–Trinajstić information content (AvgIpc) is 2.33. The summed E-state index contributed by atoms with van der Waals surface area (Å²) in [5, 5.41) is 10.0. The molecule has 0 aromatic carbocycles. The third-order valence-electron chi connectivity index (χ3n) is 2.28. The van der Waals surface area contributed by atoms with Crippen molar-refractivity contribution in [2.75, 3.05) is 5.32 Å². The third-order valence-corrected chi connectivity index (χ3v) is 2.47. The van der Waals surface area contributed by atoms with Crippen molar-refractivity contribution in [2.45, 2.75) is 6.92 Å². The lowest BCUT2D eigenvalue weighted by Gasteiger charge is -2.09. The molecule has 0 saturated carbocycles. The molecule has 0 aliphatic carbocycles. The molecule has 98 valence electrons. The lowest BCUT2D eigenvalue weighted by Crippen LogP contribution is -2.16. The fourth-order valence-corrected chi connectivity index (χ4v) is 1.54. The molecule has 0 bridgehead atoms. The Morgan fingerprint density at radius 3 is 2.79 bits per heavy atom. The van der Waals surface area contributed by atoms with E-state index in [0.29, 0.717) is 5.82 Å². The third kappa shape index (κ3) is 2.94. The van der Waals surface area contributed by atoms with Gasteiger partial charge >= 0.3 is 0 Å². The van der Waals surface area contributed by atoms with Crippen LogP contribution >= 0.6 is 11.6 Å². The first-order valence-electron chi connectivity index (χ1n) is 5.20. The highest BCUT2D eigenvalue weighted by atomic mass is 35.5. The zero-order valence-electron chi connectivity index (χ0n) is 9.82. The number of anilines is 2. The van der Waals surface area contributed by atoms with Crippen LogP contribution in [0, 0.1) is 12.7 Å². The lowest BCUT2D eigenvalue weighted by molar-refractivity contribution is 0.0995. The highest BCUT2D eigenvalue weighted by Gasteiger charge is 2.13. The van der Waals surface area contributed by atoms with Gasteiger partial charge in [0.15, 0.2) is 10.8 Å². The van der Waals surface area contributed by atoms with Crippen LogP contribution in [0.4, 0.5) is 15.9 Å². The van der Waals surface area contributed by atoms with Crippen LogP contribution in [0.2, 0.25) is 5.15 Å². The van der Waals surface area contributed by atoms with Gasteiger partial charge in [0.1, 0.15) is 11.6 Å². The molecule has 0 atom stereocenters. The molecule has 6 nitrogen and oxygen atoms in total. The number of amides is 1. The second-order valence-corrected chi connectivity index (χ2v) is 4.07. The number of nitrogens with two attached hydrogens (primary N) is 1. The zero-order valence-corrected chi connectivity index (χ0v) is 10.6. The molecule has 0 spiro atoms. The van der Waals surface area contributed by atoms with Crippen molar-refractivity contribution in [3.05, 3.63) is 40.6 Å². The van der Waals surface area contributed by atoms with Gasteiger partial charge in [-0.05, 0) is 19.1 Å². The molecule has 0 saturated heterocycles. The molecule has 0 fully saturated rings. The van der Waals surface area contributed by atoms with E-state index in [9.17, 15) is 9.18 Å². The Hall–Kier alpha value is -2.28. The molecule has 0 aliphatic rings. The molecule has 19 heavy (non-hydrogen) atoms. The van der Waals surface area contributed by atoms with E-state index in [1.807, 2.05) is 0 Å². The SMILES string of the molecule is Cc1nc(Nc2cc(Cl)nnc2C(N)=O)ccc1F. The van der Waals surface area contributed by atoms with Gasteiger partial charge in [-0.1, -0.05) is 11.6 Å². The summed E-state index contributed by atoms with van der Waals surface area (Å²) in [6.07, 6.45) is 0. The smallest absolute Gasteiger partial charge is 0.271 e. The van der Waals surface area contributed by atoms with E-state index in [0.717, 1.165) is 0 Å². The summed E-state index contributed by atoms with van der Waals surface area (Å²) in [7, 11) is 0. The first-order valence-corrected chi connectivity index (χ1v) is 5.58. The molecule has 2 rings (SSSR count). The van der Waals surface area contributed by atoms with Crippen LogP contribution in [0.5, 0.6) is 0 Å². The predicted octanol–water partition coefficient (Wildman–Crippen LogP) is 1.82. The van der Waals surface area contributed by atoms with Crippen molar-refractivity contribution < 1.29 is 9.18 Å². The summed E-state index contributed by atoms with van der Waals surface area (Å²) in [5.41, 5.74) is 5.57. The van der Waals surface area contributed by atoms with Crippen molar-refractivity contribution in [1.29, 1.82) is 0 Å². The minimum Gasteiger partial charge on any atom is -0.364 e. The van der Waals surface area contributed by atoms with E-state index in [4.69, 9.17) is 17.3 Å². The Bertz CT molecular complexity index is 649. The molecule has 2 heterocycles. The lowest BCUT2D eigenvalue weighted by atomic mass is 10.3. The van der Waals surface area contributed by atoms with E-state index in [1.54, 1.807) is 0 Å². The number of carbonyl (C=O) groups is 1. The minimum absolute atomic E-state index is 0.0758. The van der Waals surface area contributed by atoms with Crippen LogP contribution < -0.4 is 11.1 Å². The van der Waals surface area contributed by atoms with Gasteiger partial charge in [-0.2, -0.15) is 0 Å². The van der Waals surface area contributed by atoms with Gasteiger partial charge in [-0.25, -0.2) is 9.37 Å². The maximum absolute atomic E-state index is 13.1. The van der Waals surface area contributed by atoms with E-state index < -0.39 is 11.7 Å². The maximum atomic E-state index is 13.1. The van der Waals surface area contributed by atoms with E-state index >= 15 is 0 Å². The Morgan fingerprint density at radius 2 is 2.16 bits per heavy atom. The molecule has 0 aliphatic heterocycles. The van der Waals surface area contributed by atoms with Gasteiger partial charge in [-0.3, -0.25) is 4.79 Å². The first-order chi connectivity index (χ1) is 8.97. The summed E-state index contributed by atoms with van der Waals surface area (Å²) in [5.74, 6) is -0.845. The van der Waals surface area contributed by atoms with Gasteiger partial charge in [0, 0.05) is 6.07 Å². The van der Waals surface area contributed by atoms with Gasteiger partial charge in [-0.15, -0.1) is 10.2 Å². The number of hydrogen-bond donors (Lipinski definition) is 2. The molecular weight excluding hydrogens is 273 g/mol. The second kappa shape index (κ2) is 5.15. The fourth-order valence-electron chi connectivity index (χ4n) is 1.40. The average molecular weight is 282 g/mol. The molecule has 2 aromatic rings. The van der Waals surface area contributed by atoms with Crippen LogP contribution in [0.25, 0.3) is 0 Å². The van der Waals surface area contributed by atoms with Gasteiger partial charge in [0.05, 0.1) is 11.4 Å². The van der Waals surface area contributed by atoms with Crippen LogP contribution in [0.15, 0.2) is 18.2 Å². The van der Waals surface area contributed by atoms with Gasteiger partial charge in [0.25, 0.3) is 5.91 Å².